The van der Waals surface area contributed by atoms with Crippen LogP contribution in [0.1, 0.15) is 18.9 Å². The molecule has 0 aliphatic carbocycles. The van der Waals surface area contributed by atoms with Crippen LogP contribution in [0.3, 0.4) is 0 Å². The van der Waals surface area contributed by atoms with Gasteiger partial charge < -0.3 is 0 Å². The molecule has 1 nitrogen and oxygen atoms in total. The van der Waals surface area contributed by atoms with Gasteiger partial charge in [0.1, 0.15) is 0 Å². The van der Waals surface area contributed by atoms with Gasteiger partial charge in [-0.15, -0.1) is 11.3 Å². The summed E-state index contributed by atoms with van der Waals surface area (Å²) in [7, 11) is 0. The first-order chi connectivity index (χ1) is 6.19. The number of thiophene rings is 1. The molecule has 0 aromatic carbocycles. The second-order valence-corrected chi connectivity index (χ2v) is 4.32. The number of hydrogen-bond acceptors (Lipinski definition) is 2. The largest absolute Gasteiger partial charge is 0.193 e. The van der Waals surface area contributed by atoms with Crippen LogP contribution < -0.4 is 0 Å². The van der Waals surface area contributed by atoms with E-state index in [4.69, 9.17) is 28.5 Å². The van der Waals surface area contributed by atoms with E-state index in [9.17, 15) is 0 Å². The Labute approximate surface area is 91.2 Å². The van der Waals surface area contributed by atoms with E-state index in [2.05, 4.69) is 6.07 Å². The monoisotopic (exact) mass is 231 g/mol. The minimum absolute atomic E-state index is 0.508. The molecule has 1 aromatic rings. The number of allylic oxidation sites excluding steroid dienone is 1. The predicted molar refractivity (Wildman–Crippen MR) is 58.0 cm³/mol. The van der Waals surface area contributed by atoms with Gasteiger partial charge >= 0.3 is 0 Å². The van der Waals surface area contributed by atoms with Gasteiger partial charge in [0.2, 0.25) is 0 Å². The lowest BCUT2D eigenvalue weighted by Crippen LogP contribution is -1.80. The Balaban J connectivity index is 3.09. The normalized spacial score (nSPS) is 12.2. The van der Waals surface area contributed by atoms with Crippen molar-refractivity contribution in [3.8, 4) is 6.07 Å². The summed E-state index contributed by atoms with van der Waals surface area (Å²) in [5.41, 5.74) is 1.42. The standard InChI is InChI=1S/C9H7Cl2NS/c1-2-6(4-12)9(11)7-3-8(10)13-5-7/h3,5H,2H2,1H3/b9-6+. The fraction of sp³-hybridized carbons (Fsp3) is 0.222. The Morgan fingerprint density at radius 3 is 2.77 bits per heavy atom. The van der Waals surface area contributed by atoms with Crippen molar-refractivity contribution in [2.24, 2.45) is 0 Å². The quantitative estimate of drug-likeness (QED) is 0.698. The van der Waals surface area contributed by atoms with Crippen LogP contribution in [0.15, 0.2) is 17.0 Å². The third-order valence-corrected chi connectivity index (χ3v) is 3.11. The van der Waals surface area contributed by atoms with Gasteiger partial charge in [-0.25, -0.2) is 0 Å². The van der Waals surface area contributed by atoms with Gasteiger partial charge in [-0.3, -0.25) is 0 Å². The van der Waals surface area contributed by atoms with Crippen LogP contribution in [0.25, 0.3) is 5.03 Å². The van der Waals surface area contributed by atoms with Gasteiger partial charge in [-0.2, -0.15) is 5.26 Å². The Hall–Kier alpha value is -0.490. The molecule has 0 radical (unpaired) electrons. The van der Waals surface area contributed by atoms with Crippen molar-refractivity contribution in [3.63, 3.8) is 0 Å². The molecule has 13 heavy (non-hydrogen) atoms. The van der Waals surface area contributed by atoms with Crippen molar-refractivity contribution < 1.29 is 0 Å². The molecule has 0 spiro atoms. The molecule has 1 rings (SSSR count). The zero-order valence-corrected chi connectivity index (χ0v) is 9.30. The number of hydrogen-bond donors (Lipinski definition) is 0. The van der Waals surface area contributed by atoms with E-state index in [-0.39, 0.29) is 0 Å². The lowest BCUT2D eigenvalue weighted by Gasteiger charge is -1.96. The molecule has 0 atom stereocenters. The van der Waals surface area contributed by atoms with Crippen LogP contribution >= 0.6 is 34.5 Å². The first-order valence-corrected chi connectivity index (χ1v) is 5.35. The van der Waals surface area contributed by atoms with Gasteiger partial charge in [-0.05, 0) is 12.5 Å². The molecular formula is C9H7Cl2NS. The Morgan fingerprint density at radius 1 is 1.69 bits per heavy atom. The van der Waals surface area contributed by atoms with Crippen LogP contribution in [0.5, 0.6) is 0 Å². The van der Waals surface area contributed by atoms with E-state index in [1.54, 1.807) is 6.07 Å². The molecule has 0 saturated carbocycles. The first kappa shape index (κ1) is 10.6. The van der Waals surface area contributed by atoms with Crippen molar-refractivity contribution in [2.45, 2.75) is 13.3 Å². The van der Waals surface area contributed by atoms with Crippen molar-refractivity contribution in [2.75, 3.05) is 0 Å². The number of nitriles is 1. The lowest BCUT2D eigenvalue weighted by molar-refractivity contribution is 1.16. The maximum atomic E-state index is 8.74. The topological polar surface area (TPSA) is 23.8 Å². The van der Waals surface area contributed by atoms with Gasteiger partial charge in [-0.1, -0.05) is 30.1 Å². The summed E-state index contributed by atoms with van der Waals surface area (Å²) in [6.07, 6.45) is 0.642. The van der Waals surface area contributed by atoms with Crippen LogP contribution in [0.4, 0.5) is 0 Å². The molecule has 0 N–H and O–H groups in total. The first-order valence-electron chi connectivity index (χ1n) is 3.72. The lowest BCUT2D eigenvalue weighted by atomic mass is 10.1. The summed E-state index contributed by atoms with van der Waals surface area (Å²) >= 11 is 13.1. The predicted octanol–water partition coefficient (Wildman–Crippen LogP) is 4.28. The molecule has 0 bridgehead atoms. The van der Waals surface area contributed by atoms with Crippen molar-refractivity contribution in [3.05, 3.63) is 26.9 Å². The zero-order chi connectivity index (χ0) is 9.84. The summed E-state index contributed by atoms with van der Waals surface area (Å²) in [6.45, 7) is 1.90. The van der Waals surface area contributed by atoms with E-state index < -0.39 is 0 Å². The Bertz CT molecular complexity index is 373. The highest BCUT2D eigenvalue weighted by molar-refractivity contribution is 7.14. The molecule has 0 amide bonds. The van der Waals surface area contributed by atoms with E-state index >= 15 is 0 Å². The van der Waals surface area contributed by atoms with Crippen LogP contribution in [-0.2, 0) is 0 Å². The average Bonchev–Trinajstić information content (AvgIpc) is 2.54. The van der Waals surface area contributed by atoms with Crippen LogP contribution in [0.2, 0.25) is 4.34 Å². The summed E-state index contributed by atoms with van der Waals surface area (Å²) in [6, 6.07) is 3.83. The van der Waals surface area contributed by atoms with Crippen molar-refractivity contribution >= 4 is 39.6 Å². The third kappa shape index (κ3) is 2.47. The van der Waals surface area contributed by atoms with Gasteiger partial charge in [0.25, 0.3) is 0 Å². The average molecular weight is 232 g/mol. The fourth-order valence-corrected chi connectivity index (χ4v) is 2.10. The second-order valence-electron chi connectivity index (χ2n) is 2.40. The smallest absolute Gasteiger partial charge is 0.0962 e. The molecule has 0 aliphatic heterocycles. The van der Waals surface area contributed by atoms with Crippen molar-refractivity contribution in [1.82, 2.24) is 0 Å². The SMILES string of the molecule is CC/C(C#N)=C(\Cl)c1csc(Cl)c1. The fourth-order valence-electron chi connectivity index (χ4n) is 0.883. The van der Waals surface area contributed by atoms with Gasteiger partial charge in [0.05, 0.1) is 15.4 Å². The minimum Gasteiger partial charge on any atom is -0.193 e. The molecule has 4 heteroatoms. The summed E-state index contributed by atoms with van der Waals surface area (Å²) in [4.78, 5) is 0. The number of rotatable bonds is 2. The van der Waals surface area contributed by atoms with Gasteiger partial charge in [0.15, 0.2) is 0 Å². The Kier molecular flexibility index (Phi) is 3.80. The highest BCUT2D eigenvalue weighted by Gasteiger charge is 2.06. The Morgan fingerprint density at radius 2 is 2.38 bits per heavy atom. The maximum absolute atomic E-state index is 8.74. The second kappa shape index (κ2) is 4.66. The summed E-state index contributed by atoms with van der Waals surface area (Å²) < 4.78 is 0.682. The van der Waals surface area contributed by atoms with Crippen LogP contribution in [-0.4, -0.2) is 0 Å². The molecular weight excluding hydrogens is 225 g/mol. The molecule has 0 aliphatic rings. The highest BCUT2D eigenvalue weighted by atomic mass is 35.5. The minimum atomic E-state index is 0.508. The van der Waals surface area contributed by atoms with Crippen molar-refractivity contribution in [1.29, 1.82) is 5.26 Å². The van der Waals surface area contributed by atoms with E-state index in [0.29, 0.717) is 21.4 Å². The third-order valence-electron chi connectivity index (χ3n) is 1.57. The molecule has 0 unspecified atom stereocenters. The van der Waals surface area contributed by atoms with Gasteiger partial charge in [0, 0.05) is 16.5 Å². The van der Waals surface area contributed by atoms with E-state index in [0.717, 1.165) is 5.56 Å². The van der Waals surface area contributed by atoms with E-state index in [1.807, 2.05) is 12.3 Å². The molecule has 68 valence electrons. The van der Waals surface area contributed by atoms with Crippen LogP contribution in [0, 0.1) is 11.3 Å². The maximum Gasteiger partial charge on any atom is 0.0962 e. The summed E-state index contributed by atoms with van der Waals surface area (Å²) in [5.74, 6) is 0. The van der Waals surface area contributed by atoms with E-state index in [1.165, 1.54) is 11.3 Å². The highest BCUT2D eigenvalue weighted by Crippen LogP contribution is 2.30. The summed E-state index contributed by atoms with van der Waals surface area (Å²) in [5, 5.41) is 11.1. The molecule has 1 aromatic heterocycles. The number of nitrogens with zero attached hydrogens (tertiary/aromatic N) is 1. The zero-order valence-electron chi connectivity index (χ0n) is 6.97. The molecule has 0 fully saturated rings. The molecule has 1 heterocycles. The number of halogens is 2. The molecule has 0 saturated heterocycles.